The van der Waals surface area contributed by atoms with Gasteiger partial charge in [-0.3, -0.25) is 0 Å². The maximum Gasteiger partial charge on any atom is 0.339 e. The number of carbonyl (C=O) groups is 1. The van der Waals surface area contributed by atoms with Gasteiger partial charge in [0.2, 0.25) is 0 Å². The summed E-state index contributed by atoms with van der Waals surface area (Å²) in [4.78, 5) is 15.6. The molecule has 20 heavy (non-hydrogen) atoms. The summed E-state index contributed by atoms with van der Waals surface area (Å²) in [5, 5.41) is 12.2. The summed E-state index contributed by atoms with van der Waals surface area (Å²) in [5.74, 6) is -0.224. The fraction of sp³-hybridized carbons (Fsp3) is 0.286. The lowest BCUT2D eigenvalue weighted by molar-refractivity contribution is 0.0691. The molecule has 0 atom stereocenters. The Balaban J connectivity index is 2.12. The molecule has 4 nitrogen and oxygen atoms in total. The van der Waals surface area contributed by atoms with Gasteiger partial charge in [-0.1, -0.05) is 13.8 Å². The van der Waals surface area contributed by atoms with Gasteiger partial charge in [0, 0.05) is 14.9 Å². The van der Waals surface area contributed by atoms with Gasteiger partial charge in [-0.05, 0) is 40.8 Å². The molecule has 2 aromatic rings. The second-order valence-corrected chi connectivity index (χ2v) is 6.70. The molecule has 0 amide bonds. The Morgan fingerprint density at radius 3 is 2.85 bits per heavy atom. The van der Waals surface area contributed by atoms with Gasteiger partial charge in [0.15, 0.2) is 0 Å². The highest BCUT2D eigenvalue weighted by atomic mass is 127. The third kappa shape index (κ3) is 3.69. The van der Waals surface area contributed by atoms with Crippen LogP contribution < -0.4 is 4.74 Å². The van der Waals surface area contributed by atoms with Crippen LogP contribution in [-0.4, -0.2) is 16.1 Å². The van der Waals surface area contributed by atoms with Crippen LogP contribution in [0.1, 0.15) is 40.8 Å². The minimum Gasteiger partial charge on any atom is -0.486 e. The lowest BCUT2D eigenvalue weighted by Crippen LogP contribution is -2.04. The van der Waals surface area contributed by atoms with Crippen molar-refractivity contribution in [3.63, 3.8) is 0 Å². The van der Waals surface area contributed by atoms with Crippen molar-refractivity contribution in [2.24, 2.45) is 0 Å². The van der Waals surface area contributed by atoms with E-state index in [2.05, 4.69) is 41.4 Å². The Bertz CT molecular complexity index is 625. The van der Waals surface area contributed by atoms with Gasteiger partial charge in [0.1, 0.15) is 17.9 Å². The molecule has 6 heteroatoms. The lowest BCUT2D eigenvalue weighted by atomic mass is 10.2. The van der Waals surface area contributed by atoms with Crippen molar-refractivity contribution >= 4 is 39.9 Å². The van der Waals surface area contributed by atoms with Gasteiger partial charge in [-0.25, -0.2) is 9.78 Å². The molecule has 0 radical (unpaired) electrons. The van der Waals surface area contributed by atoms with E-state index in [1.165, 1.54) is 0 Å². The highest BCUT2D eigenvalue weighted by Crippen LogP contribution is 2.24. The zero-order chi connectivity index (χ0) is 14.7. The van der Waals surface area contributed by atoms with E-state index in [9.17, 15) is 4.79 Å². The van der Waals surface area contributed by atoms with Crippen LogP contribution in [0, 0.1) is 3.57 Å². The number of carboxylic acids is 1. The topological polar surface area (TPSA) is 59.4 Å². The number of halogens is 1. The Morgan fingerprint density at radius 1 is 1.50 bits per heavy atom. The number of nitrogens with zero attached hydrogens (tertiary/aromatic N) is 1. The largest absolute Gasteiger partial charge is 0.486 e. The van der Waals surface area contributed by atoms with Gasteiger partial charge in [0.05, 0.1) is 10.7 Å². The van der Waals surface area contributed by atoms with Crippen molar-refractivity contribution < 1.29 is 14.6 Å². The summed E-state index contributed by atoms with van der Waals surface area (Å²) in [6.07, 6.45) is 0. The van der Waals surface area contributed by atoms with E-state index < -0.39 is 5.97 Å². The maximum atomic E-state index is 11.2. The van der Waals surface area contributed by atoms with E-state index in [4.69, 9.17) is 9.84 Å². The van der Waals surface area contributed by atoms with E-state index in [1.54, 1.807) is 23.5 Å². The van der Waals surface area contributed by atoms with Crippen LogP contribution in [-0.2, 0) is 6.61 Å². The number of aromatic carboxylic acids is 1. The zero-order valence-corrected chi connectivity index (χ0v) is 14.1. The van der Waals surface area contributed by atoms with Gasteiger partial charge in [-0.2, -0.15) is 0 Å². The molecule has 0 aliphatic rings. The number of carboxylic acid groups (broad SMARTS) is 1. The van der Waals surface area contributed by atoms with Crippen LogP contribution in [0.15, 0.2) is 23.6 Å². The molecule has 1 aromatic heterocycles. The van der Waals surface area contributed by atoms with Crippen LogP contribution in [0.5, 0.6) is 5.75 Å². The van der Waals surface area contributed by atoms with Crippen molar-refractivity contribution in [3.8, 4) is 5.75 Å². The second-order valence-electron chi connectivity index (χ2n) is 4.57. The second kappa shape index (κ2) is 6.53. The first kappa shape index (κ1) is 15.2. The first-order chi connectivity index (χ1) is 9.47. The Hall–Kier alpha value is -1.15. The molecule has 0 saturated heterocycles. The molecule has 0 aliphatic carbocycles. The molecule has 0 aliphatic heterocycles. The average molecular weight is 403 g/mol. The highest BCUT2D eigenvalue weighted by molar-refractivity contribution is 14.1. The predicted octanol–water partition coefficient (Wildman–Crippen LogP) is 4.15. The van der Waals surface area contributed by atoms with Crippen molar-refractivity contribution in [3.05, 3.63) is 43.4 Å². The SMILES string of the molecule is CC(C)c1nc(COc2ccc(I)cc2C(=O)O)cs1. The molecular formula is C14H14INO3S. The van der Waals surface area contributed by atoms with Crippen LogP contribution in [0.2, 0.25) is 0 Å². The lowest BCUT2D eigenvalue weighted by Gasteiger charge is -2.08. The molecule has 1 heterocycles. The maximum absolute atomic E-state index is 11.2. The van der Waals surface area contributed by atoms with E-state index in [-0.39, 0.29) is 12.2 Å². The summed E-state index contributed by atoms with van der Waals surface area (Å²) in [7, 11) is 0. The Kier molecular flexibility index (Phi) is 4.98. The number of thiazole rings is 1. The predicted molar refractivity (Wildman–Crippen MR) is 86.7 cm³/mol. The highest BCUT2D eigenvalue weighted by Gasteiger charge is 2.13. The zero-order valence-electron chi connectivity index (χ0n) is 11.1. The smallest absolute Gasteiger partial charge is 0.339 e. The van der Waals surface area contributed by atoms with Gasteiger partial charge < -0.3 is 9.84 Å². The average Bonchev–Trinajstić information content (AvgIpc) is 2.86. The van der Waals surface area contributed by atoms with Gasteiger partial charge >= 0.3 is 5.97 Å². The van der Waals surface area contributed by atoms with E-state index in [0.29, 0.717) is 11.7 Å². The molecular weight excluding hydrogens is 389 g/mol. The summed E-state index contributed by atoms with van der Waals surface area (Å²) < 4.78 is 6.46. The standard InChI is InChI=1S/C14H14INO3S/c1-8(2)13-16-10(7-20-13)6-19-12-4-3-9(15)5-11(12)14(17)18/h3-5,7-8H,6H2,1-2H3,(H,17,18). The van der Waals surface area contributed by atoms with Crippen LogP contribution in [0.25, 0.3) is 0 Å². The third-order valence-electron chi connectivity index (χ3n) is 2.61. The van der Waals surface area contributed by atoms with Crippen molar-refractivity contribution in [1.82, 2.24) is 4.98 Å². The first-order valence-corrected chi connectivity index (χ1v) is 8.03. The fourth-order valence-corrected chi connectivity index (χ4v) is 2.91. The molecule has 0 bridgehead atoms. The van der Waals surface area contributed by atoms with E-state index in [1.807, 2.05) is 11.4 Å². The van der Waals surface area contributed by atoms with Crippen LogP contribution in [0.3, 0.4) is 0 Å². The molecule has 106 valence electrons. The molecule has 0 saturated carbocycles. The minimum absolute atomic E-state index is 0.177. The van der Waals surface area contributed by atoms with Crippen molar-refractivity contribution in [2.75, 3.05) is 0 Å². The molecule has 2 rings (SSSR count). The number of aromatic nitrogens is 1. The minimum atomic E-state index is -0.986. The van der Waals surface area contributed by atoms with Crippen molar-refractivity contribution in [1.29, 1.82) is 0 Å². The summed E-state index contributed by atoms with van der Waals surface area (Å²) in [6.45, 7) is 4.46. The van der Waals surface area contributed by atoms with Crippen molar-refractivity contribution in [2.45, 2.75) is 26.4 Å². The fourth-order valence-electron chi connectivity index (χ4n) is 1.60. The molecule has 0 unspecified atom stereocenters. The molecule has 1 aromatic carbocycles. The van der Waals surface area contributed by atoms with E-state index >= 15 is 0 Å². The molecule has 0 spiro atoms. The number of hydrogen-bond acceptors (Lipinski definition) is 4. The summed E-state index contributed by atoms with van der Waals surface area (Å²) >= 11 is 3.67. The van der Waals surface area contributed by atoms with Gasteiger partial charge in [0.25, 0.3) is 0 Å². The normalized spacial score (nSPS) is 10.8. The molecule has 1 N–H and O–H groups in total. The van der Waals surface area contributed by atoms with E-state index in [0.717, 1.165) is 14.3 Å². The molecule has 0 fully saturated rings. The Labute approximate surface area is 135 Å². The number of rotatable bonds is 5. The monoisotopic (exact) mass is 403 g/mol. The quantitative estimate of drug-likeness (QED) is 0.763. The number of hydrogen-bond donors (Lipinski definition) is 1. The number of ether oxygens (including phenoxy) is 1. The van der Waals surface area contributed by atoms with Crippen LogP contribution >= 0.6 is 33.9 Å². The summed E-state index contributed by atoms with van der Waals surface area (Å²) in [5.41, 5.74) is 1.00. The summed E-state index contributed by atoms with van der Waals surface area (Å²) in [6, 6.07) is 5.10. The first-order valence-electron chi connectivity index (χ1n) is 6.07. The van der Waals surface area contributed by atoms with Gasteiger partial charge in [-0.15, -0.1) is 11.3 Å². The van der Waals surface area contributed by atoms with Crippen LogP contribution in [0.4, 0.5) is 0 Å². The number of benzene rings is 1. The third-order valence-corrected chi connectivity index (χ3v) is 4.48. The Morgan fingerprint density at radius 2 is 2.25 bits per heavy atom.